The zero-order valence-corrected chi connectivity index (χ0v) is 10.4. The average molecular weight is 241 g/mol. The first-order chi connectivity index (χ1) is 7.90. The Bertz CT molecular complexity index is 344. The molecule has 4 N–H and O–H groups in total. The van der Waals surface area contributed by atoms with Crippen LogP contribution in [-0.4, -0.2) is 39.5 Å². The molecule has 1 unspecified atom stereocenters. The molecule has 0 fully saturated rings. The number of alkyl carbamates (subject to hydrolysis) is 1. The number of nitrogens with one attached hydrogen (secondary N) is 2. The van der Waals surface area contributed by atoms with Crippen LogP contribution in [0.2, 0.25) is 0 Å². The lowest BCUT2D eigenvalue weighted by Crippen LogP contribution is -2.44. The molecular formula is C10H19N5O2. The molecule has 0 aliphatic rings. The summed E-state index contributed by atoms with van der Waals surface area (Å²) in [6.07, 6.45) is 1.43. The van der Waals surface area contributed by atoms with Crippen LogP contribution in [-0.2, 0) is 11.2 Å². The molecule has 1 aromatic heterocycles. The van der Waals surface area contributed by atoms with Gasteiger partial charge in [0.2, 0.25) is 0 Å². The van der Waals surface area contributed by atoms with E-state index >= 15 is 0 Å². The highest BCUT2D eigenvalue weighted by Gasteiger charge is 2.19. The van der Waals surface area contributed by atoms with Crippen LogP contribution in [0, 0.1) is 0 Å². The molecule has 1 amide bonds. The van der Waals surface area contributed by atoms with Crippen molar-refractivity contribution in [2.24, 2.45) is 5.73 Å². The van der Waals surface area contributed by atoms with Gasteiger partial charge >= 0.3 is 6.09 Å². The molecule has 1 heterocycles. The number of nitrogens with zero attached hydrogens (tertiary/aromatic N) is 2. The van der Waals surface area contributed by atoms with Crippen LogP contribution in [0.1, 0.15) is 26.6 Å². The van der Waals surface area contributed by atoms with Crippen molar-refractivity contribution in [1.29, 1.82) is 0 Å². The minimum atomic E-state index is -0.518. The van der Waals surface area contributed by atoms with Crippen molar-refractivity contribution in [3.05, 3.63) is 12.2 Å². The summed E-state index contributed by atoms with van der Waals surface area (Å²) in [7, 11) is 0. The van der Waals surface area contributed by atoms with E-state index in [1.54, 1.807) is 20.8 Å². The number of hydrogen-bond acceptors (Lipinski definition) is 5. The molecule has 0 bridgehead atoms. The summed E-state index contributed by atoms with van der Waals surface area (Å²) in [5.74, 6) is 0.677. The van der Waals surface area contributed by atoms with Gasteiger partial charge in [0, 0.05) is 13.0 Å². The van der Waals surface area contributed by atoms with E-state index in [9.17, 15) is 4.79 Å². The standard InChI is InChI=1S/C10H19N5O2/c1-10(2,3)17-9(16)14-7(5-11)4-8-12-6-13-15-8/h6-7H,4-5,11H2,1-3H3,(H,14,16)(H,12,13,15). The van der Waals surface area contributed by atoms with Gasteiger partial charge in [-0.25, -0.2) is 9.78 Å². The number of aromatic amines is 1. The van der Waals surface area contributed by atoms with Crippen LogP contribution in [0.4, 0.5) is 4.79 Å². The van der Waals surface area contributed by atoms with Crippen LogP contribution >= 0.6 is 0 Å². The Labute approximate surface area is 100 Å². The third kappa shape index (κ3) is 5.30. The molecule has 96 valence electrons. The fourth-order valence-corrected chi connectivity index (χ4v) is 1.23. The smallest absolute Gasteiger partial charge is 0.407 e. The van der Waals surface area contributed by atoms with E-state index in [2.05, 4.69) is 20.5 Å². The summed E-state index contributed by atoms with van der Waals surface area (Å²) in [5.41, 5.74) is 5.05. The van der Waals surface area contributed by atoms with Crippen molar-refractivity contribution in [2.75, 3.05) is 6.54 Å². The highest BCUT2D eigenvalue weighted by molar-refractivity contribution is 5.68. The Balaban J connectivity index is 2.44. The first-order valence-corrected chi connectivity index (χ1v) is 5.44. The van der Waals surface area contributed by atoms with E-state index in [-0.39, 0.29) is 6.04 Å². The summed E-state index contributed by atoms with van der Waals surface area (Å²) in [6.45, 7) is 5.72. The number of ether oxygens (including phenoxy) is 1. The van der Waals surface area contributed by atoms with Crippen molar-refractivity contribution in [3.8, 4) is 0 Å². The van der Waals surface area contributed by atoms with Crippen molar-refractivity contribution in [3.63, 3.8) is 0 Å². The lowest BCUT2D eigenvalue weighted by Gasteiger charge is -2.22. The number of H-pyrrole nitrogens is 1. The maximum Gasteiger partial charge on any atom is 0.407 e. The minimum Gasteiger partial charge on any atom is -0.444 e. The van der Waals surface area contributed by atoms with Gasteiger partial charge in [0.25, 0.3) is 0 Å². The first-order valence-electron chi connectivity index (χ1n) is 5.44. The number of rotatable bonds is 4. The second-order valence-corrected chi connectivity index (χ2v) is 4.72. The summed E-state index contributed by atoms with van der Waals surface area (Å²) in [6, 6.07) is -0.224. The monoisotopic (exact) mass is 241 g/mol. The molecule has 1 aromatic rings. The van der Waals surface area contributed by atoms with Crippen LogP contribution in [0.3, 0.4) is 0 Å². The normalized spacial score (nSPS) is 13.2. The van der Waals surface area contributed by atoms with E-state index in [1.165, 1.54) is 6.33 Å². The third-order valence-corrected chi connectivity index (χ3v) is 1.91. The van der Waals surface area contributed by atoms with Crippen LogP contribution in [0.25, 0.3) is 0 Å². The lowest BCUT2D eigenvalue weighted by molar-refractivity contribution is 0.0505. The Kier molecular flexibility index (Phi) is 4.45. The van der Waals surface area contributed by atoms with Crippen LogP contribution in [0.15, 0.2) is 6.33 Å². The number of hydrogen-bond donors (Lipinski definition) is 3. The highest BCUT2D eigenvalue weighted by atomic mass is 16.6. The zero-order valence-electron chi connectivity index (χ0n) is 10.4. The predicted molar refractivity (Wildman–Crippen MR) is 62.3 cm³/mol. The number of aromatic nitrogens is 3. The maximum absolute atomic E-state index is 11.5. The Morgan fingerprint density at radius 2 is 2.35 bits per heavy atom. The number of carbonyl (C=O) groups is 1. The number of amides is 1. The van der Waals surface area contributed by atoms with Gasteiger partial charge in [-0.15, -0.1) is 0 Å². The first kappa shape index (κ1) is 13.4. The average Bonchev–Trinajstić information content (AvgIpc) is 2.66. The van der Waals surface area contributed by atoms with Crippen molar-refractivity contribution in [2.45, 2.75) is 38.8 Å². The molecule has 0 aromatic carbocycles. The topological polar surface area (TPSA) is 106 Å². The predicted octanol–water partition coefficient (Wildman–Crippen LogP) is 0.199. The molecule has 0 aliphatic carbocycles. The van der Waals surface area contributed by atoms with Gasteiger partial charge in [-0.2, -0.15) is 5.10 Å². The maximum atomic E-state index is 11.5. The molecule has 0 saturated carbocycles. The largest absolute Gasteiger partial charge is 0.444 e. The fourth-order valence-electron chi connectivity index (χ4n) is 1.23. The Morgan fingerprint density at radius 1 is 1.65 bits per heavy atom. The van der Waals surface area contributed by atoms with E-state index in [1.807, 2.05) is 0 Å². The molecule has 17 heavy (non-hydrogen) atoms. The highest BCUT2D eigenvalue weighted by Crippen LogP contribution is 2.07. The molecular weight excluding hydrogens is 222 g/mol. The van der Waals surface area contributed by atoms with Gasteiger partial charge in [-0.05, 0) is 20.8 Å². The molecule has 7 heteroatoms. The molecule has 1 atom stereocenters. The Hall–Kier alpha value is -1.63. The molecule has 0 aliphatic heterocycles. The van der Waals surface area contributed by atoms with Crippen LogP contribution < -0.4 is 11.1 Å². The van der Waals surface area contributed by atoms with Gasteiger partial charge in [-0.1, -0.05) is 0 Å². The van der Waals surface area contributed by atoms with Gasteiger partial charge in [-0.3, -0.25) is 5.10 Å². The summed E-state index contributed by atoms with van der Waals surface area (Å²) < 4.78 is 5.14. The van der Waals surface area contributed by atoms with E-state index in [0.29, 0.717) is 18.8 Å². The summed E-state index contributed by atoms with van der Waals surface area (Å²) in [5, 5.41) is 9.13. The van der Waals surface area contributed by atoms with Gasteiger partial charge in [0.1, 0.15) is 17.8 Å². The lowest BCUT2D eigenvalue weighted by atomic mass is 10.2. The second-order valence-electron chi connectivity index (χ2n) is 4.72. The molecule has 0 saturated heterocycles. The van der Waals surface area contributed by atoms with Crippen molar-refractivity contribution in [1.82, 2.24) is 20.5 Å². The van der Waals surface area contributed by atoms with Gasteiger partial charge in [0.15, 0.2) is 0 Å². The van der Waals surface area contributed by atoms with E-state index < -0.39 is 11.7 Å². The molecule has 0 radical (unpaired) electrons. The Morgan fingerprint density at radius 3 is 2.82 bits per heavy atom. The molecule has 7 nitrogen and oxygen atoms in total. The summed E-state index contributed by atoms with van der Waals surface area (Å²) in [4.78, 5) is 15.5. The van der Waals surface area contributed by atoms with E-state index in [0.717, 1.165) is 0 Å². The van der Waals surface area contributed by atoms with E-state index in [4.69, 9.17) is 10.5 Å². The van der Waals surface area contributed by atoms with Gasteiger partial charge in [0.05, 0.1) is 6.04 Å². The van der Waals surface area contributed by atoms with Crippen molar-refractivity contribution < 1.29 is 9.53 Å². The second kappa shape index (κ2) is 5.62. The zero-order chi connectivity index (χ0) is 12.9. The van der Waals surface area contributed by atoms with Crippen molar-refractivity contribution >= 4 is 6.09 Å². The quantitative estimate of drug-likeness (QED) is 0.698. The third-order valence-electron chi connectivity index (χ3n) is 1.91. The molecule has 1 rings (SSSR count). The van der Waals surface area contributed by atoms with Crippen LogP contribution in [0.5, 0.6) is 0 Å². The molecule has 0 spiro atoms. The number of nitrogens with two attached hydrogens (primary N) is 1. The van der Waals surface area contributed by atoms with Gasteiger partial charge < -0.3 is 15.8 Å². The SMILES string of the molecule is CC(C)(C)OC(=O)NC(CN)Cc1ncn[nH]1. The fraction of sp³-hybridized carbons (Fsp3) is 0.700. The summed E-state index contributed by atoms with van der Waals surface area (Å²) >= 11 is 0. The number of carbonyl (C=O) groups excluding carboxylic acids is 1. The minimum absolute atomic E-state index is 0.224.